The molecule has 18 heavy (non-hydrogen) atoms. The minimum absolute atomic E-state index is 0.746. The van der Waals surface area contributed by atoms with Gasteiger partial charge in [-0.05, 0) is 57.2 Å². The number of nitrogens with two attached hydrogens (primary N) is 1. The summed E-state index contributed by atoms with van der Waals surface area (Å²) in [7, 11) is 0. The van der Waals surface area contributed by atoms with Crippen LogP contribution >= 0.6 is 0 Å². The van der Waals surface area contributed by atoms with E-state index in [4.69, 9.17) is 5.73 Å². The van der Waals surface area contributed by atoms with Crippen molar-refractivity contribution in [2.75, 3.05) is 19.6 Å². The van der Waals surface area contributed by atoms with Gasteiger partial charge in [-0.2, -0.15) is 0 Å². The Labute approximate surface area is 114 Å². The van der Waals surface area contributed by atoms with Crippen molar-refractivity contribution in [3.63, 3.8) is 0 Å². The summed E-state index contributed by atoms with van der Waals surface area (Å²) in [4.78, 5) is 2.74. The van der Waals surface area contributed by atoms with E-state index in [1.165, 1.54) is 58.0 Å². The highest BCUT2D eigenvalue weighted by Gasteiger charge is 2.32. The summed E-state index contributed by atoms with van der Waals surface area (Å²) < 4.78 is 0. The first-order valence-corrected chi connectivity index (χ1v) is 8.20. The van der Waals surface area contributed by atoms with Crippen LogP contribution in [0.25, 0.3) is 0 Å². The second kappa shape index (κ2) is 8.92. The average Bonchev–Trinajstić information content (AvgIpc) is 2.39. The second-order valence-electron chi connectivity index (χ2n) is 6.07. The Morgan fingerprint density at radius 1 is 1.00 bits per heavy atom. The van der Waals surface area contributed by atoms with Gasteiger partial charge in [-0.1, -0.05) is 40.0 Å². The quantitative estimate of drug-likeness (QED) is 0.716. The van der Waals surface area contributed by atoms with Crippen LogP contribution in [0, 0.1) is 11.8 Å². The third-order valence-electron chi connectivity index (χ3n) is 4.56. The van der Waals surface area contributed by atoms with Crippen molar-refractivity contribution in [2.45, 2.75) is 71.8 Å². The first-order chi connectivity index (χ1) is 8.76. The molecule has 1 aliphatic rings. The molecule has 0 radical (unpaired) electrons. The second-order valence-corrected chi connectivity index (χ2v) is 6.07. The summed E-state index contributed by atoms with van der Waals surface area (Å²) in [5, 5.41) is 0. The number of hydrogen-bond acceptors (Lipinski definition) is 2. The van der Waals surface area contributed by atoms with Gasteiger partial charge in [-0.3, -0.25) is 0 Å². The lowest BCUT2D eigenvalue weighted by molar-refractivity contribution is 0.0787. The van der Waals surface area contributed by atoms with Crippen LogP contribution in [0.5, 0.6) is 0 Å². The number of nitrogens with zero attached hydrogens (tertiary/aromatic N) is 1. The van der Waals surface area contributed by atoms with Crippen molar-refractivity contribution < 1.29 is 0 Å². The number of hydrogen-bond donors (Lipinski definition) is 1. The van der Waals surface area contributed by atoms with Crippen LogP contribution in [0.4, 0.5) is 0 Å². The Balaban J connectivity index is 2.63. The monoisotopic (exact) mass is 254 g/mol. The Bertz CT molecular complexity index is 199. The summed E-state index contributed by atoms with van der Waals surface area (Å²) in [6, 6.07) is 0.764. The van der Waals surface area contributed by atoms with Crippen LogP contribution in [0.2, 0.25) is 0 Å². The van der Waals surface area contributed by atoms with Crippen LogP contribution in [-0.4, -0.2) is 30.6 Å². The zero-order valence-corrected chi connectivity index (χ0v) is 12.8. The molecule has 2 N–H and O–H groups in total. The molecule has 0 bridgehead atoms. The third-order valence-corrected chi connectivity index (χ3v) is 4.56. The summed E-state index contributed by atoms with van der Waals surface area (Å²) >= 11 is 0. The maximum absolute atomic E-state index is 6.02. The van der Waals surface area contributed by atoms with Crippen LogP contribution in [0.15, 0.2) is 0 Å². The number of rotatable bonds is 8. The predicted molar refractivity (Wildman–Crippen MR) is 80.7 cm³/mol. The van der Waals surface area contributed by atoms with Gasteiger partial charge in [-0.25, -0.2) is 0 Å². The minimum Gasteiger partial charge on any atom is -0.330 e. The van der Waals surface area contributed by atoms with Gasteiger partial charge in [0.15, 0.2) is 0 Å². The average molecular weight is 254 g/mol. The first kappa shape index (κ1) is 16.0. The standard InChI is InChI=1S/C16H34N2/c1-4-7-14-8-9-15(13-17)16(12-14)18(10-5-2)11-6-3/h14-16H,4-13,17H2,1-3H3. The molecule has 1 saturated carbocycles. The van der Waals surface area contributed by atoms with Crippen molar-refractivity contribution >= 4 is 0 Å². The summed E-state index contributed by atoms with van der Waals surface area (Å²) in [5.74, 6) is 1.70. The Hall–Kier alpha value is -0.0800. The van der Waals surface area contributed by atoms with Crippen molar-refractivity contribution in [1.82, 2.24) is 4.90 Å². The Kier molecular flexibility index (Phi) is 7.92. The van der Waals surface area contributed by atoms with Gasteiger partial charge in [0, 0.05) is 6.04 Å². The van der Waals surface area contributed by atoms with E-state index in [-0.39, 0.29) is 0 Å². The van der Waals surface area contributed by atoms with Crippen LogP contribution < -0.4 is 5.73 Å². The molecule has 0 aromatic carbocycles. The van der Waals surface area contributed by atoms with Crippen LogP contribution in [0.3, 0.4) is 0 Å². The zero-order chi connectivity index (χ0) is 13.4. The Morgan fingerprint density at radius 2 is 1.67 bits per heavy atom. The van der Waals surface area contributed by atoms with E-state index in [9.17, 15) is 0 Å². The molecule has 0 aromatic rings. The SMILES string of the molecule is CCCC1CCC(CN)C(N(CCC)CCC)C1. The maximum Gasteiger partial charge on any atom is 0.0138 e. The van der Waals surface area contributed by atoms with Gasteiger partial charge in [0.05, 0.1) is 0 Å². The van der Waals surface area contributed by atoms with Crippen molar-refractivity contribution in [3.05, 3.63) is 0 Å². The molecule has 0 saturated heterocycles. The van der Waals surface area contributed by atoms with Gasteiger partial charge in [0.25, 0.3) is 0 Å². The van der Waals surface area contributed by atoms with Crippen LogP contribution in [0.1, 0.15) is 65.7 Å². The molecule has 1 aliphatic carbocycles. The van der Waals surface area contributed by atoms with E-state index in [2.05, 4.69) is 25.7 Å². The molecule has 0 aromatic heterocycles. The fourth-order valence-corrected chi connectivity index (χ4v) is 3.70. The zero-order valence-electron chi connectivity index (χ0n) is 12.8. The van der Waals surface area contributed by atoms with E-state index in [1.54, 1.807) is 0 Å². The topological polar surface area (TPSA) is 29.3 Å². The molecule has 0 spiro atoms. The molecule has 3 atom stereocenters. The van der Waals surface area contributed by atoms with Crippen LogP contribution in [-0.2, 0) is 0 Å². The van der Waals surface area contributed by atoms with E-state index in [0.29, 0.717) is 0 Å². The summed E-state index contributed by atoms with van der Waals surface area (Å²) in [6.45, 7) is 10.3. The molecular formula is C16H34N2. The Morgan fingerprint density at radius 3 is 2.17 bits per heavy atom. The van der Waals surface area contributed by atoms with Gasteiger partial charge >= 0.3 is 0 Å². The lowest BCUT2D eigenvalue weighted by atomic mass is 9.76. The van der Waals surface area contributed by atoms with Gasteiger partial charge < -0.3 is 10.6 Å². The van der Waals surface area contributed by atoms with Gasteiger partial charge in [0.2, 0.25) is 0 Å². The summed E-state index contributed by atoms with van der Waals surface area (Å²) in [5.41, 5.74) is 6.02. The fraction of sp³-hybridized carbons (Fsp3) is 1.00. The lowest BCUT2D eigenvalue weighted by Gasteiger charge is -2.42. The van der Waals surface area contributed by atoms with Gasteiger partial charge in [0.1, 0.15) is 0 Å². The highest BCUT2D eigenvalue weighted by Crippen LogP contribution is 2.34. The smallest absolute Gasteiger partial charge is 0.0138 e. The van der Waals surface area contributed by atoms with E-state index in [1.807, 2.05) is 0 Å². The maximum atomic E-state index is 6.02. The minimum atomic E-state index is 0.746. The summed E-state index contributed by atoms with van der Waals surface area (Å²) in [6.07, 6.45) is 9.47. The molecule has 3 unspecified atom stereocenters. The van der Waals surface area contributed by atoms with E-state index < -0.39 is 0 Å². The van der Waals surface area contributed by atoms with Crippen molar-refractivity contribution in [2.24, 2.45) is 17.6 Å². The molecule has 0 heterocycles. The normalized spacial score (nSPS) is 28.8. The molecule has 108 valence electrons. The molecule has 2 heteroatoms. The van der Waals surface area contributed by atoms with Gasteiger partial charge in [-0.15, -0.1) is 0 Å². The highest BCUT2D eigenvalue weighted by molar-refractivity contribution is 4.87. The highest BCUT2D eigenvalue weighted by atomic mass is 15.2. The molecule has 0 amide bonds. The molecule has 2 nitrogen and oxygen atoms in total. The van der Waals surface area contributed by atoms with Crippen molar-refractivity contribution in [3.8, 4) is 0 Å². The molecule has 1 rings (SSSR count). The first-order valence-electron chi connectivity index (χ1n) is 8.20. The van der Waals surface area contributed by atoms with E-state index >= 15 is 0 Å². The van der Waals surface area contributed by atoms with Crippen molar-refractivity contribution in [1.29, 1.82) is 0 Å². The third kappa shape index (κ3) is 4.55. The largest absolute Gasteiger partial charge is 0.330 e. The fourth-order valence-electron chi connectivity index (χ4n) is 3.70. The molecular weight excluding hydrogens is 220 g/mol. The predicted octanol–water partition coefficient (Wildman–Crippen LogP) is 3.65. The molecule has 1 fully saturated rings. The lowest BCUT2D eigenvalue weighted by Crippen LogP contribution is -2.47. The van der Waals surface area contributed by atoms with E-state index in [0.717, 1.165) is 24.4 Å². The molecule has 0 aliphatic heterocycles.